The maximum absolute atomic E-state index is 12.5. The Morgan fingerprint density at radius 1 is 1.15 bits per heavy atom. The zero-order chi connectivity index (χ0) is 18.7. The van der Waals surface area contributed by atoms with Crippen LogP contribution in [0.2, 0.25) is 5.02 Å². The first-order chi connectivity index (χ1) is 12.4. The second-order valence-electron chi connectivity index (χ2n) is 7.00. The second-order valence-corrected chi connectivity index (χ2v) is 7.43. The first-order valence-corrected chi connectivity index (χ1v) is 9.24. The van der Waals surface area contributed by atoms with Crippen LogP contribution in [0.3, 0.4) is 0 Å². The van der Waals surface area contributed by atoms with Crippen molar-refractivity contribution in [2.24, 2.45) is 5.92 Å². The third-order valence-electron chi connectivity index (χ3n) is 4.75. The molecule has 1 atom stereocenters. The van der Waals surface area contributed by atoms with Crippen molar-refractivity contribution >= 4 is 29.1 Å². The first kappa shape index (κ1) is 18.5. The minimum absolute atomic E-state index is 0.0336. The summed E-state index contributed by atoms with van der Waals surface area (Å²) in [6, 6.07) is 15.4. The van der Waals surface area contributed by atoms with Crippen LogP contribution in [0.5, 0.6) is 0 Å². The topological polar surface area (TPSA) is 49.4 Å². The number of hydrogen-bond acceptors (Lipinski definition) is 2. The summed E-state index contributed by atoms with van der Waals surface area (Å²) < 4.78 is 0. The van der Waals surface area contributed by atoms with Crippen LogP contribution in [-0.2, 0) is 16.1 Å². The molecular formula is C21H23ClN2O2. The Labute approximate surface area is 159 Å². The van der Waals surface area contributed by atoms with E-state index in [4.69, 9.17) is 11.6 Å². The maximum atomic E-state index is 12.5. The number of hydrogen-bond donors (Lipinski definition) is 1. The van der Waals surface area contributed by atoms with E-state index in [0.717, 1.165) is 11.3 Å². The van der Waals surface area contributed by atoms with E-state index in [-0.39, 0.29) is 24.2 Å². The Morgan fingerprint density at radius 2 is 1.81 bits per heavy atom. The molecule has 2 aromatic rings. The fourth-order valence-corrected chi connectivity index (χ4v) is 3.23. The number of carbonyl (C=O) groups excluding carboxylic acids is 2. The van der Waals surface area contributed by atoms with Crippen molar-refractivity contribution in [2.75, 3.05) is 11.4 Å². The largest absolute Gasteiger partial charge is 0.352 e. The van der Waals surface area contributed by atoms with E-state index in [1.807, 2.05) is 12.1 Å². The van der Waals surface area contributed by atoms with Crippen LogP contribution in [0.15, 0.2) is 48.5 Å². The molecule has 136 valence electrons. The maximum Gasteiger partial charge on any atom is 0.227 e. The smallest absolute Gasteiger partial charge is 0.227 e. The molecule has 1 N–H and O–H groups in total. The van der Waals surface area contributed by atoms with E-state index in [0.29, 0.717) is 24.0 Å². The zero-order valence-corrected chi connectivity index (χ0v) is 15.8. The quantitative estimate of drug-likeness (QED) is 0.860. The lowest BCUT2D eigenvalue weighted by Crippen LogP contribution is -2.32. The molecule has 1 heterocycles. The monoisotopic (exact) mass is 370 g/mol. The van der Waals surface area contributed by atoms with Crippen molar-refractivity contribution in [1.82, 2.24) is 5.32 Å². The fourth-order valence-electron chi connectivity index (χ4n) is 3.11. The van der Waals surface area contributed by atoms with Gasteiger partial charge >= 0.3 is 0 Å². The van der Waals surface area contributed by atoms with Gasteiger partial charge in [-0.1, -0.05) is 49.7 Å². The number of rotatable bonds is 5. The Morgan fingerprint density at radius 3 is 2.42 bits per heavy atom. The lowest BCUT2D eigenvalue weighted by Gasteiger charge is -2.17. The van der Waals surface area contributed by atoms with E-state index in [1.165, 1.54) is 5.56 Å². The van der Waals surface area contributed by atoms with Gasteiger partial charge in [0.15, 0.2) is 0 Å². The normalized spacial score (nSPS) is 17.0. The van der Waals surface area contributed by atoms with Crippen LogP contribution in [0, 0.1) is 5.92 Å². The molecule has 0 radical (unpaired) electrons. The molecule has 0 bridgehead atoms. The van der Waals surface area contributed by atoms with Gasteiger partial charge in [-0.2, -0.15) is 0 Å². The van der Waals surface area contributed by atoms with Crippen LogP contribution in [0.1, 0.15) is 37.3 Å². The highest BCUT2D eigenvalue weighted by atomic mass is 35.5. The summed E-state index contributed by atoms with van der Waals surface area (Å²) >= 11 is 5.89. The molecule has 26 heavy (non-hydrogen) atoms. The molecule has 3 rings (SSSR count). The highest BCUT2D eigenvalue weighted by molar-refractivity contribution is 6.30. The van der Waals surface area contributed by atoms with Gasteiger partial charge < -0.3 is 10.2 Å². The number of anilines is 1. The van der Waals surface area contributed by atoms with Crippen LogP contribution in [0.25, 0.3) is 0 Å². The molecule has 1 saturated heterocycles. The minimum atomic E-state index is -0.326. The van der Waals surface area contributed by atoms with E-state index >= 15 is 0 Å². The standard InChI is InChI=1S/C21H23ClN2O2/c1-14(2)16-5-3-15(4-6-16)12-23-21(26)17-11-20(25)24(13-17)19-9-7-18(22)8-10-19/h3-10,14,17H,11-13H2,1-2H3,(H,23,26)/t17-/m1/s1. The van der Waals surface area contributed by atoms with Gasteiger partial charge in [0.1, 0.15) is 0 Å². The molecule has 2 aromatic carbocycles. The van der Waals surface area contributed by atoms with Crippen molar-refractivity contribution in [3.63, 3.8) is 0 Å². The third kappa shape index (κ3) is 4.25. The Kier molecular flexibility index (Phi) is 5.62. The highest BCUT2D eigenvalue weighted by Gasteiger charge is 2.34. The summed E-state index contributed by atoms with van der Waals surface area (Å²) in [5.41, 5.74) is 3.11. The SMILES string of the molecule is CC(C)c1ccc(CNC(=O)[C@@H]2CC(=O)N(c3ccc(Cl)cc3)C2)cc1. The van der Waals surface area contributed by atoms with E-state index in [2.05, 4.69) is 31.3 Å². The van der Waals surface area contributed by atoms with Gasteiger partial charge in [0, 0.05) is 30.2 Å². The number of benzene rings is 2. The van der Waals surface area contributed by atoms with Gasteiger partial charge in [-0.25, -0.2) is 0 Å². The molecular weight excluding hydrogens is 348 g/mol. The van der Waals surface area contributed by atoms with Gasteiger partial charge in [0.05, 0.1) is 5.92 Å². The Bertz CT molecular complexity index is 785. The molecule has 1 aliphatic heterocycles. The van der Waals surface area contributed by atoms with Crippen molar-refractivity contribution in [2.45, 2.75) is 32.7 Å². The molecule has 5 heteroatoms. The summed E-state index contributed by atoms with van der Waals surface area (Å²) in [4.78, 5) is 26.4. The predicted octanol–water partition coefficient (Wildman–Crippen LogP) is 4.13. The van der Waals surface area contributed by atoms with Crippen LogP contribution < -0.4 is 10.2 Å². The lowest BCUT2D eigenvalue weighted by atomic mass is 10.0. The van der Waals surface area contributed by atoms with E-state index in [1.54, 1.807) is 29.2 Å². The fraction of sp³-hybridized carbons (Fsp3) is 0.333. The number of halogens is 1. The Balaban J connectivity index is 1.57. The number of nitrogens with zero attached hydrogens (tertiary/aromatic N) is 1. The van der Waals surface area contributed by atoms with E-state index < -0.39 is 0 Å². The van der Waals surface area contributed by atoms with Crippen molar-refractivity contribution in [1.29, 1.82) is 0 Å². The summed E-state index contributed by atoms with van der Waals surface area (Å²) in [7, 11) is 0. The molecule has 1 fully saturated rings. The van der Waals surface area contributed by atoms with E-state index in [9.17, 15) is 9.59 Å². The molecule has 0 aliphatic carbocycles. The van der Waals surface area contributed by atoms with Crippen LogP contribution >= 0.6 is 11.6 Å². The van der Waals surface area contributed by atoms with Gasteiger partial charge in [-0.15, -0.1) is 0 Å². The number of carbonyl (C=O) groups is 2. The zero-order valence-electron chi connectivity index (χ0n) is 15.0. The highest BCUT2D eigenvalue weighted by Crippen LogP contribution is 2.26. The predicted molar refractivity (Wildman–Crippen MR) is 104 cm³/mol. The van der Waals surface area contributed by atoms with Gasteiger partial charge in [0.25, 0.3) is 0 Å². The minimum Gasteiger partial charge on any atom is -0.352 e. The van der Waals surface area contributed by atoms with Crippen LogP contribution in [0.4, 0.5) is 5.69 Å². The average Bonchev–Trinajstić information content (AvgIpc) is 3.02. The van der Waals surface area contributed by atoms with Gasteiger partial charge in [-0.05, 0) is 41.3 Å². The van der Waals surface area contributed by atoms with Crippen molar-refractivity contribution in [3.05, 3.63) is 64.7 Å². The number of nitrogens with one attached hydrogen (secondary N) is 1. The molecule has 0 spiro atoms. The van der Waals surface area contributed by atoms with Gasteiger partial charge in [-0.3, -0.25) is 9.59 Å². The van der Waals surface area contributed by atoms with Gasteiger partial charge in [0.2, 0.25) is 11.8 Å². The second kappa shape index (κ2) is 7.92. The summed E-state index contributed by atoms with van der Waals surface area (Å²) in [5, 5.41) is 3.58. The third-order valence-corrected chi connectivity index (χ3v) is 5.00. The number of amides is 2. The molecule has 2 amide bonds. The summed E-state index contributed by atoms with van der Waals surface area (Å²) in [5.74, 6) is 0.0478. The Hall–Kier alpha value is -2.33. The summed E-state index contributed by atoms with van der Waals surface area (Å²) in [6.45, 7) is 5.18. The lowest BCUT2D eigenvalue weighted by molar-refractivity contribution is -0.126. The molecule has 0 unspecified atom stereocenters. The molecule has 0 aromatic heterocycles. The first-order valence-electron chi connectivity index (χ1n) is 8.86. The molecule has 0 saturated carbocycles. The molecule has 4 nitrogen and oxygen atoms in total. The van der Waals surface area contributed by atoms with Crippen molar-refractivity contribution < 1.29 is 9.59 Å². The van der Waals surface area contributed by atoms with Crippen molar-refractivity contribution in [3.8, 4) is 0 Å². The average molecular weight is 371 g/mol. The molecule has 1 aliphatic rings. The summed E-state index contributed by atoms with van der Waals surface area (Å²) in [6.07, 6.45) is 0.237. The van der Waals surface area contributed by atoms with Crippen LogP contribution in [-0.4, -0.2) is 18.4 Å².